The van der Waals surface area contributed by atoms with E-state index >= 15 is 0 Å². The maximum absolute atomic E-state index is 12.4. The number of rotatable bonds is 2. The van der Waals surface area contributed by atoms with Crippen LogP contribution in [0, 0.1) is 19.8 Å². The Balaban J connectivity index is 1.50. The Kier molecular flexibility index (Phi) is 3.33. The molecule has 3 heterocycles. The number of nitrogens with zero attached hydrogens (tertiary/aromatic N) is 3. The van der Waals surface area contributed by atoms with Crippen molar-refractivity contribution in [2.24, 2.45) is 5.92 Å². The summed E-state index contributed by atoms with van der Waals surface area (Å²) in [6, 6.07) is 4.30. The molecule has 5 heteroatoms. The third-order valence-electron chi connectivity index (χ3n) is 4.85. The number of amides is 1. The van der Waals surface area contributed by atoms with E-state index in [9.17, 15) is 4.79 Å². The number of hydrogen-bond donors (Lipinski definition) is 0. The quantitative estimate of drug-likeness (QED) is 0.855. The van der Waals surface area contributed by atoms with E-state index in [-0.39, 0.29) is 5.92 Å². The number of benzene rings is 1. The van der Waals surface area contributed by atoms with E-state index < -0.39 is 0 Å². The SMILES string of the molecule is Cc1ccc(C)c2sc(N3CC(C(=O)N4CCCC4)C3)nc12. The van der Waals surface area contributed by atoms with Crippen LogP contribution in [0.25, 0.3) is 10.2 Å². The maximum atomic E-state index is 12.4. The third kappa shape index (κ3) is 2.19. The zero-order valence-corrected chi connectivity index (χ0v) is 13.9. The van der Waals surface area contributed by atoms with E-state index in [4.69, 9.17) is 4.98 Å². The molecule has 116 valence electrons. The van der Waals surface area contributed by atoms with Crippen molar-refractivity contribution in [2.75, 3.05) is 31.1 Å². The fourth-order valence-corrected chi connectivity index (χ4v) is 4.50. The Bertz CT molecular complexity index is 688. The summed E-state index contributed by atoms with van der Waals surface area (Å²) in [5, 5.41) is 1.07. The van der Waals surface area contributed by atoms with Crippen molar-refractivity contribution >= 4 is 32.6 Å². The average molecular weight is 315 g/mol. The van der Waals surface area contributed by atoms with Crippen molar-refractivity contribution in [3.8, 4) is 0 Å². The van der Waals surface area contributed by atoms with Gasteiger partial charge in [-0.3, -0.25) is 4.79 Å². The van der Waals surface area contributed by atoms with Crippen LogP contribution in [0.1, 0.15) is 24.0 Å². The number of anilines is 1. The van der Waals surface area contributed by atoms with Crippen molar-refractivity contribution in [3.63, 3.8) is 0 Å². The fourth-order valence-electron chi connectivity index (χ4n) is 3.37. The molecule has 0 radical (unpaired) electrons. The van der Waals surface area contributed by atoms with Gasteiger partial charge in [0.25, 0.3) is 0 Å². The van der Waals surface area contributed by atoms with Gasteiger partial charge in [-0.15, -0.1) is 0 Å². The van der Waals surface area contributed by atoms with E-state index in [2.05, 4.69) is 30.9 Å². The predicted molar refractivity (Wildman–Crippen MR) is 90.6 cm³/mol. The molecule has 2 aliphatic rings. The third-order valence-corrected chi connectivity index (χ3v) is 6.10. The minimum atomic E-state index is 0.173. The molecular weight excluding hydrogens is 294 g/mol. The molecule has 2 aliphatic heterocycles. The van der Waals surface area contributed by atoms with Crippen LogP contribution in [0.4, 0.5) is 5.13 Å². The average Bonchev–Trinajstić information content (AvgIpc) is 3.10. The predicted octanol–water partition coefficient (Wildman–Crippen LogP) is 2.97. The van der Waals surface area contributed by atoms with E-state index in [0.29, 0.717) is 5.91 Å². The number of fused-ring (bicyclic) bond motifs is 1. The van der Waals surface area contributed by atoms with Crippen molar-refractivity contribution in [3.05, 3.63) is 23.3 Å². The number of thiazole rings is 1. The molecule has 0 aliphatic carbocycles. The lowest BCUT2D eigenvalue weighted by Gasteiger charge is -2.39. The van der Waals surface area contributed by atoms with Crippen LogP contribution in [0.2, 0.25) is 0 Å². The summed E-state index contributed by atoms with van der Waals surface area (Å²) in [7, 11) is 0. The van der Waals surface area contributed by atoms with Crippen LogP contribution >= 0.6 is 11.3 Å². The Morgan fingerprint density at radius 1 is 1.18 bits per heavy atom. The summed E-state index contributed by atoms with van der Waals surface area (Å²) in [5.74, 6) is 0.523. The normalized spacial score (nSPS) is 19.0. The highest BCUT2D eigenvalue weighted by Gasteiger charge is 2.37. The molecule has 22 heavy (non-hydrogen) atoms. The second-order valence-corrected chi connectivity index (χ2v) is 7.49. The van der Waals surface area contributed by atoms with Crippen molar-refractivity contribution < 1.29 is 4.79 Å². The Labute approximate surface area is 134 Å². The highest BCUT2D eigenvalue weighted by Crippen LogP contribution is 2.36. The second kappa shape index (κ2) is 5.23. The fraction of sp³-hybridized carbons (Fsp3) is 0.529. The molecule has 1 amide bonds. The molecule has 4 rings (SSSR count). The van der Waals surface area contributed by atoms with Gasteiger partial charge in [-0.05, 0) is 37.8 Å². The molecular formula is C17H21N3OS. The minimum Gasteiger partial charge on any atom is -0.346 e. The van der Waals surface area contributed by atoms with Gasteiger partial charge in [-0.1, -0.05) is 23.5 Å². The van der Waals surface area contributed by atoms with E-state index in [1.54, 1.807) is 11.3 Å². The van der Waals surface area contributed by atoms with E-state index in [1.165, 1.54) is 28.7 Å². The topological polar surface area (TPSA) is 36.4 Å². The number of carbonyl (C=O) groups excluding carboxylic acids is 1. The molecule has 2 saturated heterocycles. The lowest BCUT2D eigenvalue weighted by Crippen LogP contribution is -2.54. The largest absolute Gasteiger partial charge is 0.346 e. The monoisotopic (exact) mass is 315 g/mol. The minimum absolute atomic E-state index is 0.173. The molecule has 0 atom stereocenters. The van der Waals surface area contributed by atoms with Gasteiger partial charge < -0.3 is 9.80 Å². The molecule has 0 spiro atoms. The Morgan fingerprint density at radius 3 is 2.55 bits per heavy atom. The molecule has 2 aromatic rings. The number of hydrogen-bond acceptors (Lipinski definition) is 4. The first kappa shape index (κ1) is 14.0. The molecule has 1 aromatic heterocycles. The van der Waals surface area contributed by atoms with Crippen LogP contribution in [-0.2, 0) is 4.79 Å². The summed E-state index contributed by atoms with van der Waals surface area (Å²) in [5.41, 5.74) is 3.64. The van der Waals surface area contributed by atoms with Crippen molar-refractivity contribution in [1.82, 2.24) is 9.88 Å². The summed E-state index contributed by atoms with van der Waals surface area (Å²) in [6.07, 6.45) is 2.33. The lowest BCUT2D eigenvalue weighted by molar-refractivity contribution is -0.135. The Morgan fingerprint density at radius 2 is 1.86 bits per heavy atom. The molecule has 4 nitrogen and oxygen atoms in total. The summed E-state index contributed by atoms with van der Waals surface area (Å²) in [6.45, 7) is 7.81. The number of likely N-dealkylation sites (tertiary alicyclic amines) is 1. The van der Waals surface area contributed by atoms with E-state index in [0.717, 1.165) is 36.8 Å². The summed E-state index contributed by atoms with van der Waals surface area (Å²) < 4.78 is 1.28. The van der Waals surface area contributed by atoms with Gasteiger partial charge in [0.15, 0.2) is 5.13 Å². The first-order chi connectivity index (χ1) is 10.6. The molecule has 0 unspecified atom stereocenters. The van der Waals surface area contributed by atoms with Gasteiger partial charge in [-0.2, -0.15) is 0 Å². The van der Waals surface area contributed by atoms with Gasteiger partial charge in [0.1, 0.15) is 0 Å². The van der Waals surface area contributed by atoms with Crippen molar-refractivity contribution in [1.29, 1.82) is 0 Å². The first-order valence-electron chi connectivity index (χ1n) is 8.04. The lowest BCUT2D eigenvalue weighted by atomic mass is 9.99. The number of carbonyl (C=O) groups is 1. The highest BCUT2D eigenvalue weighted by atomic mass is 32.1. The second-order valence-electron chi connectivity index (χ2n) is 6.51. The van der Waals surface area contributed by atoms with Gasteiger partial charge in [0.05, 0.1) is 16.1 Å². The number of aryl methyl sites for hydroxylation is 2. The van der Waals surface area contributed by atoms with Crippen molar-refractivity contribution in [2.45, 2.75) is 26.7 Å². The molecule has 0 bridgehead atoms. The van der Waals surface area contributed by atoms with Crippen LogP contribution in [0.5, 0.6) is 0 Å². The molecule has 1 aromatic carbocycles. The molecule has 2 fully saturated rings. The van der Waals surface area contributed by atoms with Crippen LogP contribution in [0.3, 0.4) is 0 Å². The van der Waals surface area contributed by atoms with Crippen LogP contribution in [-0.4, -0.2) is 42.0 Å². The summed E-state index contributed by atoms with van der Waals surface area (Å²) in [4.78, 5) is 21.5. The Hall–Kier alpha value is -1.62. The highest BCUT2D eigenvalue weighted by molar-refractivity contribution is 7.22. The zero-order valence-electron chi connectivity index (χ0n) is 13.1. The van der Waals surface area contributed by atoms with E-state index in [1.807, 2.05) is 4.90 Å². The zero-order chi connectivity index (χ0) is 15.3. The van der Waals surface area contributed by atoms with Gasteiger partial charge in [0, 0.05) is 26.2 Å². The summed E-state index contributed by atoms with van der Waals surface area (Å²) >= 11 is 1.76. The smallest absolute Gasteiger partial charge is 0.229 e. The van der Waals surface area contributed by atoms with Gasteiger partial charge in [-0.25, -0.2) is 4.98 Å². The van der Waals surface area contributed by atoms with Crippen LogP contribution in [0.15, 0.2) is 12.1 Å². The number of aromatic nitrogens is 1. The molecule has 0 N–H and O–H groups in total. The van der Waals surface area contributed by atoms with Gasteiger partial charge in [0.2, 0.25) is 5.91 Å². The standard InChI is InChI=1S/C17H21N3OS/c1-11-5-6-12(2)15-14(11)18-17(22-15)20-9-13(10-20)16(21)19-7-3-4-8-19/h5-6,13H,3-4,7-10H2,1-2H3. The maximum Gasteiger partial charge on any atom is 0.229 e. The first-order valence-corrected chi connectivity index (χ1v) is 8.85. The molecule has 0 saturated carbocycles. The van der Waals surface area contributed by atoms with Crippen LogP contribution < -0.4 is 4.90 Å². The van der Waals surface area contributed by atoms with Gasteiger partial charge >= 0.3 is 0 Å².